The zero-order valence-electron chi connectivity index (χ0n) is 15.1. The van der Waals surface area contributed by atoms with E-state index in [4.69, 9.17) is 9.15 Å². The number of likely N-dealkylation sites (tertiary alicyclic amines) is 1. The first-order chi connectivity index (χ1) is 13.0. The molecule has 142 valence electrons. The number of nitrogens with one attached hydrogen (secondary N) is 1. The van der Waals surface area contributed by atoms with Gasteiger partial charge in [-0.15, -0.1) is 0 Å². The molecule has 2 aromatic rings. The number of hydrogen-bond acceptors (Lipinski definition) is 5. The van der Waals surface area contributed by atoms with Crippen molar-refractivity contribution >= 4 is 23.5 Å². The monoisotopic (exact) mass is 370 g/mol. The molecule has 0 unspecified atom stereocenters. The van der Waals surface area contributed by atoms with E-state index in [1.165, 1.54) is 11.8 Å². The van der Waals surface area contributed by atoms with Crippen LogP contribution in [-0.2, 0) is 32.1 Å². The van der Waals surface area contributed by atoms with E-state index in [0.29, 0.717) is 18.0 Å². The molecule has 27 heavy (non-hydrogen) atoms. The van der Waals surface area contributed by atoms with Gasteiger partial charge in [0, 0.05) is 18.7 Å². The maximum absolute atomic E-state index is 12.2. The number of amides is 2. The highest BCUT2D eigenvalue weighted by atomic mass is 16.5. The van der Waals surface area contributed by atoms with Crippen LogP contribution in [0.15, 0.2) is 47.1 Å². The highest BCUT2D eigenvalue weighted by Gasteiger charge is 2.35. The molecule has 0 aliphatic carbocycles. The van der Waals surface area contributed by atoms with Crippen molar-refractivity contribution in [2.24, 2.45) is 5.92 Å². The molecular formula is C20H22N2O5. The van der Waals surface area contributed by atoms with Crippen LogP contribution in [-0.4, -0.2) is 35.8 Å². The van der Waals surface area contributed by atoms with E-state index in [9.17, 15) is 14.4 Å². The molecular weight excluding hydrogens is 348 g/mol. The van der Waals surface area contributed by atoms with E-state index in [2.05, 4.69) is 12.2 Å². The Morgan fingerprint density at radius 3 is 2.70 bits per heavy atom. The molecule has 1 atom stereocenters. The Kier molecular flexibility index (Phi) is 5.90. The second-order valence-corrected chi connectivity index (χ2v) is 6.46. The number of nitrogens with zero attached hydrogens (tertiary/aromatic N) is 1. The van der Waals surface area contributed by atoms with Crippen LogP contribution in [0.1, 0.15) is 24.7 Å². The highest BCUT2D eigenvalue weighted by molar-refractivity contribution is 5.93. The number of aryl methyl sites for hydroxylation is 1. The summed E-state index contributed by atoms with van der Waals surface area (Å²) in [7, 11) is 0. The SMILES string of the molecule is CCc1ccc(NC(=O)COC(=O)[C@H]2CC(=O)N(Cc3ccco3)C2)cc1. The van der Waals surface area contributed by atoms with Crippen LogP contribution in [0.3, 0.4) is 0 Å². The third-order valence-corrected chi connectivity index (χ3v) is 4.47. The lowest BCUT2D eigenvalue weighted by molar-refractivity contribution is -0.151. The summed E-state index contributed by atoms with van der Waals surface area (Å²) in [6, 6.07) is 11.0. The van der Waals surface area contributed by atoms with Crippen molar-refractivity contribution in [3.8, 4) is 0 Å². The zero-order valence-corrected chi connectivity index (χ0v) is 15.1. The molecule has 1 saturated heterocycles. The van der Waals surface area contributed by atoms with Crippen molar-refractivity contribution in [3.05, 3.63) is 54.0 Å². The molecule has 0 bridgehead atoms. The van der Waals surface area contributed by atoms with Crippen molar-refractivity contribution in [3.63, 3.8) is 0 Å². The number of carbonyl (C=O) groups excluding carboxylic acids is 3. The summed E-state index contributed by atoms with van der Waals surface area (Å²) in [6.07, 6.45) is 2.54. The van der Waals surface area contributed by atoms with Crippen LogP contribution in [0, 0.1) is 5.92 Å². The van der Waals surface area contributed by atoms with Crippen LogP contribution in [0.2, 0.25) is 0 Å². The van der Waals surface area contributed by atoms with Crippen molar-refractivity contribution in [2.75, 3.05) is 18.5 Å². The van der Waals surface area contributed by atoms with E-state index in [1.54, 1.807) is 29.2 Å². The minimum atomic E-state index is -0.566. The summed E-state index contributed by atoms with van der Waals surface area (Å²) >= 11 is 0. The molecule has 1 aliphatic rings. The van der Waals surface area contributed by atoms with E-state index in [0.717, 1.165) is 6.42 Å². The van der Waals surface area contributed by atoms with E-state index in [1.807, 2.05) is 12.1 Å². The summed E-state index contributed by atoms with van der Waals surface area (Å²) < 4.78 is 10.3. The van der Waals surface area contributed by atoms with Gasteiger partial charge in [0.15, 0.2) is 6.61 Å². The van der Waals surface area contributed by atoms with Crippen LogP contribution in [0.25, 0.3) is 0 Å². The second kappa shape index (κ2) is 8.53. The predicted octanol–water partition coefficient (Wildman–Crippen LogP) is 2.37. The van der Waals surface area contributed by atoms with Gasteiger partial charge in [-0.25, -0.2) is 0 Å². The minimum Gasteiger partial charge on any atom is -0.467 e. The van der Waals surface area contributed by atoms with Crippen LogP contribution in [0.4, 0.5) is 5.69 Å². The standard InChI is InChI=1S/C20H22N2O5/c1-2-14-5-7-16(8-6-14)21-18(23)13-27-20(25)15-10-19(24)22(11-15)12-17-4-3-9-26-17/h3-9,15H,2,10-13H2,1H3,(H,21,23)/t15-/m0/s1. The molecule has 2 heterocycles. The van der Waals surface area contributed by atoms with Crippen LogP contribution < -0.4 is 5.32 Å². The van der Waals surface area contributed by atoms with Gasteiger partial charge in [-0.2, -0.15) is 0 Å². The smallest absolute Gasteiger partial charge is 0.311 e. The first-order valence-electron chi connectivity index (χ1n) is 8.90. The topological polar surface area (TPSA) is 88.8 Å². The second-order valence-electron chi connectivity index (χ2n) is 6.46. The Hall–Kier alpha value is -3.09. The molecule has 0 saturated carbocycles. The molecule has 1 aliphatic heterocycles. The molecule has 1 aromatic heterocycles. The van der Waals surface area contributed by atoms with Gasteiger partial charge in [0.05, 0.1) is 18.7 Å². The fraction of sp³-hybridized carbons (Fsp3) is 0.350. The van der Waals surface area contributed by atoms with E-state index < -0.39 is 17.8 Å². The summed E-state index contributed by atoms with van der Waals surface area (Å²) in [6.45, 7) is 2.26. The van der Waals surface area contributed by atoms with Gasteiger partial charge >= 0.3 is 5.97 Å². The molecule has 1 N–H and O–H groups in total. The van der Waals surface area contributed by atoms with Crippen molar-refractivity contribution in [1.29, 1.82) is 0 Å². The maximum Gasteiger partial charge on any atom is 0.311 e. The molecule has 2 amide bonds. The van der Waals surface area contributed by atoms with Gasteiger partial charge < -0.3 is 19.4 Å². The fourth-order valence-electron chi connectivity index (χ4n) is 2.95. The summed E-state index contributed by atoms with van der Waals surface area (Å²) in [4.78, 5) is 37.7. The quantitative estimate of drug-likeness (QED) is 0.756. The number of benzene rings is 1. The van der Waals surface area contributed by atoms with E-state index >= 15 is 0 Å². The lowest BCUT2D eigenvalue weighted by Gasteiger charge is -2.14. The van der Waals surface area contributed by atoms with Gasteiger partial charge in [0.1, 0.15) is 5.76 Å². The Morgan fingerprint density at radius 1 is 1.26 bits per heavy atom. The molecule has 1 fully saturated rings. The lowest BCUT2D eigenvalue weighted by atomic mass is 10.1. The van der Waals surface area contributed by atoms with Gasteiger partial charge in [0.2, 0.25) is 5.91 Å². The van der Waals surface area contributed by atoms with Crippen LogP contribution >= 0.6 is 0 Å². The molecule has 0 radical (unpaired) electrons. The Morgan fingerprint density at radius 2 is 2.04 bits per heavy atom. The Bertz CT molecular complexity index is 798. The number of esters is 1. The van der Waals surface area contributed by atoms with Gasteiger partial charge in [-0.05, 0) is 36.2 Å². The molecule has 1 aromatic carbocycles. The number of ether oxygens (including phenoxy) is 1. The maximum atomic E-state index is 12.2. The fourth-order valence-corrected chi connectivity index (χ4v) is 2.95. The largest absolute Gasteiger partial charge is 0.467 e. The molecule has 0 spiro atoms. The zero-order chi connectivity index (χ0) is 19.2. The normalized spacial score (nSPS) is 16.4. The number of rotatable bonds is 7. The van der Waals surface area contributed by atoms with E-state index in [-0.39, 0.29) is 25.5 Å². The number of anilines is 1. The summed E-state index contributed by atoms with van der Waals surface area (Å²) in [5.41, 5.74) is 1.82. The predicted molar refractivity (Wildman–Crippen MR) is 97.6 cm³/mol. The molecule has 7 nitrogen and oxygen atoms in total. The third kappa shape index (κ3) is 4.97. The minimum absolute atomic E-state index is 0.0830. The van der Waals surface area contributed by atoms with Gasteiger partial charge in [-0.1, -0.05) is 19.1 Å². The first kappa shape index (κ1) is 18.7. The molecule has 3 rings (SSSR count). The lowest BCUT2D eigenvalue weighted by Crippen LogP contribution is -2.28. The van der Waals surface area contributed by atoms with Crippen molar-refractivity contribution in [1.82, 2.24) is 4.90 Å². The van der Waals surface area contributed by atoms with Crippen LogP contribution in [0.5, 0.6) is 0 Å². The summed E-state index contributed by atoms with van der Waals surface area (Å²) in [5.74, 6) is -0.991. The summed E-state index contributed by atoms with van der Waals surface area (Å²) in [5, 5.41) is 2.68. The molecule has 7 heteroatoms. The number of furan rings is 1. The number of hydrogen-bond donors (Lipinski definition) is 1. The number of carbonyl (C=O) groups is 3. The first-order valence-corrected chi connectivity index (χ1v) is 8.90. The van der Waals surface area contributed by atoms with Gasteiger partial charge in [-0.3, -0.25) is 14.4 Å². The average Bonchev–Trinajstić information content (AvgIpc) is 3.31. The van der Waals surface area contributed by atoms with Crippen molar-refractivity contribution in [2.45, 2.75) is 26.3 Å². The van der Waals surface area contributed by atoms with Gasteiger partial charge in [0.25, 0.3) is 5.91 Å². The Balaban J connectivity index is 1.44. The van der Waals surface area contributed by atoms with Crippen molar-refractivity contribution < 1.29 is 23.5 Å². The Labute approximate surface area is 157 Å². The highest BCUT2D eigenvalue weighted by Crippen LogP contribution is 2.21. The average molecular weight is 370 g/mol. The third-order valence-electron chi connectivity index (χ3n) is 4.47.